The van der Waals surface area contributed by atoms with E-state index in [0.29, 0.717) is 0 Å². The molecule has 0 fully saturated rings. The van der Waals surface area contributed by atoms with Crippen molar-refractivity contribution in [2.75, 3.05) is 0 Å². The first-order valence-electron chi connectivity index (χ1n) is 19.4. The number of benzene rings is 10. The van der Waals surface area contributed by atoms with Crippen LogP contribution in [-0.4, -0.2) is 0 Å². The minimum Gasteiger partial charge on any atom is -0.456 e. The van der Waals surface area contributed by atoms with Crippen LogP contribution in [0.5, 0.6) is 11.5 Å². The molecule has 260 valence electrons. The number of fused-ring (bicyclic) bond motifs is 7. The lowest BCUT2D eigenvalue weighted by Crippen LogP contribution is -2.28. The monoisotopic (exact) mass is 710 g/mol. The molecule has 1 heterocycles. The van der Waals surface area contributed by atoms with Gasteiger partial charge in [0.05, 0.1) is 5.41 Å². The highest BCUT2D eigenvalue weighted by molar-refractivity contribution is 6.11. The van der Waals surface area contributed by atoms with Gasteiger partial charge in [0.15, 0.2) is 0 Å². The molecule has 0 N–H and O–H groups in total. The lowest BCUT2D eigenvalue weighted by Gasteiger charge is -2.34. The summed E-state index contributed by atoms with van der Waals surface area (Å²) in [6, 6.07) is 76.2. The molecule has 0 spiro atoms. The number of rotatable bonds is 4. The molecular weight excluding hydrogens is 677 g/mol. The Hall–Kier alpha value is -7.22. The van der Waals surface area contributed by atoms with Crippen LogP contribution in [0, 0.1) is 0 Å². The van der Waals surface area contributed by atoms with Gasteiger partial charge in [0.2, 0.25) is 0 Å². The third-order valence-electron chi connectivity index (χ3n) is 12.3. The van der Waals surface area contributed by atoms with E-state index in [4.69, 9.17) is 4.74 Å². The van der Waals surface area contributed by atoms with Gasteiger partial charge in [-0.1, -0.05) is 164 Å². The molecule has 2 aliphatic rings. The Balaban J connectivity index is 1.25. The van der Waals surface area contributed by atoms with Gasteiger partial charge < -0.3 is 4.74 Å². The smallest absolute Gasteiger partial charge is 0.135 e. The Morgan fingerprint density at radius 1 is 0.321 bits per heavy atom. The SMILES string of the molecule is c1ccc(C2(c3ccccc3)c3cc4ccccc4cc3-c3c(-c4ccc5ccccc5c4)cc(-c4ccc5c6c(cccc46)-c4ccccc4O5)cc32)cc1. The van der Waals surface area contributed by atoms with E-state index in [-0.39, 0.29) is 0 Å². The topological polar surface area (TPSA) is 9.23 Å². The van der Waals surface area contributed by atoms with E-state index in [0.717, 1.165) is 22.4 Å². The first-order chi connectivity index (χ1) is 27.8. The summed E-state index contributed by atoms with van der Waals surface area (Å²) in [6.45, 7) is 0. The molecule has 0 atom stereocenters. The summed E-state index contributed by atoms with van der Waals surface area (Å²) < 4.78 is 6.58. The molecular formula is C55H34O. The van der Waals surface area contributed by atoms with Crippen molar-refractivity contribution in [3.05, 3.63) is 229 Å². The van der Waals surface area contributed by atoms with Crippen LogP contribution in [0.1, 0.15) is 22.3 Å². The first-order valence-corrected chi connectivity index (χ1v) is 19.4. The number of ether oxygens (including phenoxy) is 1. The summed E-state index contributed by atoms with van der Waals surface area (Å²) in [7, 11) is 0. The van der Waals surface area contributed by atoms with Gasteiger partial charge in [0.1, 0.15) is 11.5 Å². The van der Waals surface area contributed by atoms with Crippen LogP contribution in [0.3, 0.4) is 0 Å². The summed E-state index contributed by atoms with van der Waals surface area (Å²) in [6.07, 6.45) is 0. The van der Waals surface area contributed by atoms with Crippen molar-refractivity contribution < 1.29 is 4.74 Å². The van der Waals surface area contributed by atoms with Crippen molar-refractivity contribution in [2.45, 2.75) is 5.41 Å². The van der Waals surface area contributed by atoms with Crippen molar-refractivity contribution in [2.24, 2.45) is 0 Å². The third-order valence-corrected chi connectivity index (χ3v) is 12.3. The molecule has 0 saturated heterocycles. The van der Waals surface area contributed by atoms with Crippen LogP contribution in [0.4, 0.5) is 0 Å². The first kappa shape index (κ1) is 31.2. The van der Waals surface area contributed by atoms with Crippen LogP contribution < -0.4 is 4.74 Å². The fraction of sp³-hybridized carbons (Fsp3) is 0.0182. The van der Waals surface area contributed by atoms with Crippen LogP contribution >= 0.6 is 0 Å². The third kappa shape index (κ3) is 4.37. The summed E-state index contributed by atoms with van der Waals surface area (Å²) in [5.74, 6) is 1.80. The zero-order valence-electron chi connectivity index (χ0n) is 30.5. The van der Waals surface area contributed by atoms with Gasteiger partial charge in [-0.05, 0) is 131 Å². The molecule has 56 heavy (non-hydrogen) atoms. The summed E-state index contributed by atoms with van der Waals surface area (Å²) in [5, 5.41) is 7.30. The normalized spacial score (nSPS) is 13.3. The minimum atomic E-state index is -0.576. The maximum absolute atomic E-state index is 6.58. The molecule has 0 radical (unpaired) electrons. The molecule has 0 bridgehead atoms. The summed E-state index contributed by atoms with van der Waals surface area (Å²) >= 11 is 0. The predicted molar refractivity (Wildman–Crippen MR) is 233 cm³/mol. The van der Waals surface area contributed by atoms with Crippen LogP contribution in [0.25, 0.3) is 76.8 Å². The second-order valence-electron chi connectivity index (χ2n) is 15.2. The lowest BCUT2D eigenvalue weighted by molar-refractivity contribution is 0.487. The Morgan fingerprint density at radius 2 is 0.964 bits per heavy atom. The van der Waals surface area contributed by atoms with Crippen LogP contribution in [0.2, 0.25) is 0 Å². The standard InChI is InChI=1S/C55H34O/c1-3-18-41(19-4-1)55(42-20-5-2-6-21-42)49-33-38-17-10-9-16-37(38)31-48(49)53-47(39-27-26-35-14-7-8-15-36(35)30-39)32-40(34-50(53)55)43-28-29-52-54-45(43)23-13-24-46(54)44-22-11-12-25-51(44)56-52/h1-34H. The number of hydrogen-bond acceptors (Lipinski definition) is 1. The fourth-order valence-corrected chi connectivity index (χ4v) is 9.87. The molecule has 1 aliphatic carbocycles. The second-order valence-corrected chi connectivity index (χ2v) is 15.2. The quantitative estimate of drug-likeness (QED) is 0.177. The molecule has 0 amide bonds. The summed E-state index contributed by atoms with van der Waals surface area (Å²) in [4.78, 5) is 0. The zero-order chi connectivity index (χ0) is 36.8. The highest BCUT2D eigenvalue weighted by atomic mass is 16.5. The zero-order valence-corrected chi connectivity index (χ0v) is 30.5. The van der Waals surface area contributed by atoms with Gasteiger partial charge in [-0.3, -0.25) is 0 Å². The van der Waals surface area contributed by atoms with E-state index < -0.39 is 5.41 Å². The molecule has 1 aliphatic heterocycles. The molecule has 10 aromatic rings. The fourth-order valence-electron chi connectivity index (χ4n) is 9.87. The highest BCUT2D eigenvalue weighted by Crippen LogP contribution is 2.60. The molecule has 0 unspecified atom stereocenters. The Bertz CT molecular complexity index is 3170. The van der Waals surface area contributed by atoms with Gasteiger partial charge >= 0.3 is 0 Å². The maximum atomic E-state index is 6.58. The predicted octanol–water partition coefficient (Wildman–Crippen LogP) is 14.6. The molecule has 0 saturated carbocycles. The van der Waals surface area contributed by atoms with Gasteiger partial charge in [-0.25, -0.2) is 0 Å². The van der Waals surface area contributed by atoms with E-state index in [1.807, 2.05) is 6.07 Å². The second kappa shape index (κ2) is 11.9. The minimum absolute atomic E-state index is 0.576. The maximum Gasteiger partial charge on any atom is 0.135 e. The average molecular weight is 711 g/mol. The molecule has 1 nitrogen and oxygen atoms in total. The molecule has 0 aromatic heterocycles. The molecule has 1 heteroatoms. The van der Waals surface area contributed by atoms with Gasteiger partial charge in [0.25, 0.3) is 0 Å². The van der Waals surface area contributed by atoms with Gasteiger partial charge in [-0.2, -0.15) is 0 Å². The van der Waals surface area contributed by atoms with Crippen molar-refractivity contribution in [1.82, 2.24) is 0 Å². The van der Waals surface area contributed by atoms with E-state index in [1.54, 1.807) is 0 Å². The molecule has 12 rings (SSSR count). The van der Waals surface area contributed by atoms with E-state index in [2.05, 4.69) is 200 Å². The Labute approximate surface area is 325 Å². The van der Waals surface area contributed by atoms with Crippen LogP contribution in [-0.2, 0) is 5.41 Å². The Morgan fingerprint density at radius 3 is 1.73 bits per heavy atom. The van der Waals surface area contributed by atoms with E-state index in [1.165, 1.54) is 88.1 Å². The van der Waals surface area contributed by atoms with E-state index in [9.17, 15) is 0 Å². The van der Waals surface area contributed by atoms with E-state index >= 15 is 0 Å². The largest absolute Gasteiger partial charge is 0.456 e. The number of hydrogen-bond donors (Lipinski definition) is 0. The summed E-state index contributed by atoms with van der Waals surface area (Å²) in [5.41, 5.74) is 14.3. The highest BCUT2D eigenvalue weighted by Gasteiger charge is 2.47. The van der Waals surface area contributed by atoms with Crippen molar-refractivity contribution in [3.8, 4) is 56.0 Å². The van der Waals surface area contributed by atoms with Crippen molar-refractivity contribution >= 4 is 32.3 Å². The van der Waals surface area contributed by atoms with Crippen molar-refractivity contribution in [1.29, 1.82) is 0 Å². The van der Waals surface area contributed by atoms with Gasteiger partial charge in [-0.15, -0.1) is 0 Å². The van der Waals surface area contributed by atoms with Crippen molar-refractivity contribution in [3.63, 3.8) is 0 Å². The van der Waals surface area contributed by atoms with Crippen LogP contribution in [0.15, 0.2) is 206 Å². The van der Waals surface area contributed by atoms with Gasteiger partial charge in [0, 0.05) is 10.9 Å². The molecule has 10 aromatic carbocycles. The lowest BCUT2D eigenvalue weighted by atomic mass is 9.67. The number of para-hydroxylation sites is 1. The Kier molecular flexibility index (Phi) is 6.62. The average Bonchev–Trinajstić information content (AvgIpc) is 3.55.